The van der Waals surface area contributed by atoms with Gasteiger partial charge in [0.05, 0.1) is 0 Å². The van der Waals surface area contributed by atoms with E-state index in [4.69, 9.17) is 0 Å². The van der Waals surface area contributed by atoms with Crippen LogP contribution in [0.2, 0.25) is 0 Å². The molecule has 1 heterocycles. The van der Waals surface area contributed by atoms with Crippen LogP contribution in [0, 0.1) is 0 Å². The SMILES string of the molecule is CCCNC(CC)CCCN1CCN(C)CC1. The van der Waals surface area contributed by atoms with Gasteiger partial charge in [-0.3, -0.25) is 0 Å². The van der Waals surface area contributed by atoms with Crippen molar-refractivity contribution in [2.24, 2.45) is 0 Å². The van der Waals surface area contributed by atoms with E-state index in [0.717, 1.165) is 6.04 Å². The van der Waals surface area contributed by atoms with Crippen LogP contribution < -0.4 is 5.32 Å². The molecule has 0 spiro atoms. The molecule has 0 radical (unpaired) electrons. The van der Waals surface area contributed by atoms with Crippen molar-refractivity contribution in [3.05, 3.63) is 0 Å². The Balaban J connectivity index is 2.05. The van der Waals surface area contributed by atoms with Gasteiger partial charge < -0.3 is 15.1 Å². The maximum atomic E-state index is 3.64. The Morgan fingerprint density at radius 1 is 1.12 bits per heavy atom. The van der Waals surface area contributed by atoms with E-state index in [1.54, 1.807) is 0 Å². The summed E-state index contributed by atoms with van der Waals surface area (Å²) >= 11 is 0. The van der Waals surface area contributed by atoms with E-state index in [0.29, 0.717) is 0 Å². The number of nitrogens with zero attached hydrogens (tertiary/aromatic N) is 2. The van der Waals surface area contributed by atoms with Gasteiger partial charge in [0.25, 0.3) is 0 Å². The van der Waals surface area contributed by atoms with E-state index in [1.807, 2.05) is 0 Å². The second-order valence-corrected chi connectivity index (χ2v) is 5.35. The quantitative estimate of drug-likeness (QED) is 0.699. The van der Waals surface area contributed by atoms with Gasteiger partial charge in [-0.15, -0.1) is 0 Å². The van der Waals surface area contributed by atoms with E-state index in [2.05, 4.69) is 36.0 Å². The normalized spacial score (nSPS) is 20.6. The predicted molar refractivity (Wildman–Crippen MR) is 75.5 cm³/mol. The Bertz CT molecular complexity index is 172. The number of piperazine rings is 1. The van der Waals surface area contributed by atoms with Crippen molar-refractivity contribution in [1.29, 1.82) is 0 Å². The second kappa shape index (κ2) is 8.90. The lowest BCUT2D eigenvalue weighted by molar-refractivity contribution is 0.151. The second-order valence-electron chi connectivity index (χ2n) is 5.35. The number of hydrogen-bond donors (Lipinski definition) is 1. The Hall–Kier alpha value is -0.120. The van der Waals surface area contributed by atoms with Gasteiger partial charge in [0.1, 0.15) is 0 Å². The molecule has 0 aliphatic carbocycles. The molecule has 1 saturated heterocycles. The molecule has 1 aliphatic heterocycles. The summed E-state index contributed by atoms with van der Waals surface area (Å²) in [7, 11) is 2.22. The van der Waals surface area contributed by atoms with Gasteiger partial charge in [-0.25, -0.2) is 0 Å². The number of rotatable bonds is 8. The number of hydrogen-bond acceptors (Lipinski definition) is 3. The van der Waals surface area contributed by atoms with Gasteiger partial charge in [-0.1, -0.05) is 13.8 Å². The van der Waals surface area contributed by atoms with Crippen LogP contribution in [-0.2, 0) is 0 Å². The zero-order chi connectivity index (χ0) is 12.5. The molecule has 1 aliphatic rings. The van der Waals surface area contributed by atoms with Crippen molar-refractivity contribution in [1.82, 2.24) is 15.1 Å². The molecule has 1 unspecified atom stereocenters. The minimum atomic E-state index is 0.738. The third-order valence-corrected chi connectivity index (χ3v) is 3.80. The summed E-state index contributed by atoms with van der Waals surface area (Å²) in [4.78, 5) is 5.04. The monoisotopic (exact) mass is 241 g/mol. The molecule has 102 valence electrons. The van der Waals surface area contributed by atoms with Crippen molar-refractivity contribution < 1.29 is 0 Å². The standard InChI is InChI=1S/C14H31N3/c1-4-8-15-14(5-2)7-6-9-17-12-10-16(3)11-13-17/h14-15H,4-13H2,1-3H3. The smallest absolute Gasteiger partial charge is 0.0110 e. The van der Waals surface area contributed by atoms with E-state index >= 15 is 0 Å². The highest BCUT2D eigenvalue weighted by molar-refractivity contribution is 4.71. The summed E-state index contributed by atoms with van der Waals surface area (Å²) in [5, 5.41) is 3.64. The van der Waals surface area contributed by atoms with Crippen LogP contribution in [0.25, 0.3) is 0 Å². The average molecular weight is 241 g/mol. The average Bonchev–Trinajstić information content (AvgIpc) is 2.36. The lowest BCUT2D eigenvalue weighted by Crippen LogP contribution is -2.44. The highest BCUT2D eigenvalue weighted by Gasteiger charge is 2.13. The highest BCUT2D eigenvalue weighted by atomic mass is 15.2. The van der Waals surface area contributed by atoms with Crippen LogP contribution in [0.1, 0.15) is 39.5 Å². The third kappa shape index (κ3) is 6.39. The fourth-order valence-corrected chi connectivity index (χ4v) is 2.43. The minimum absolute atomic E-state index is 0.738. The summed E-state index contributed by atoms with van der Waals surface area (Å²) in [6, 6.07) is 0.738. The molecule has 1 rings (SSSR count). The third-order valence-electron chi connectivity index (χ3n) is 3.80. The summed E-state index contributed by atoms with van der Waals surface area (Å²) in [6.45, 7) is 12.0. The van der Waals surface area contributed by atoms with Gasteiger partial charge in [-0.05, 0) is 45.8 Å². The Morgan fingerprint density at radius 3 is 2.41 bits per heavy atom. The molecule has 1 atom stereocenters. The molecule has 17 heavy (non-hydrogen) atoms. The van der Waals surface area contributed by atoms with Crippen molar-refractivity contribution in [3.8, 4) is 0 Å². The number of likely N-dealkylation sites (N-methyl/N-ethyl adjacent to an activating group) is 1. The molecule has 1 fully saturated rings. The van der Waals surface area contributed by atoms with Gasteiger partial charge in [0.15, 0.2) is 0 Å². The molecule has 0 aromatic carbocycles. The first-order valence-electron chi connectivity index (χ1n) is 7.40. The van der Waals surface area contributed by atoms with Crippen LogP contribution in [0.4, 0.5) is 0 Å². The van der Waals surface area contributed by atoms with Crippen LogP contribution in [0.3, 0.4) is 0 Å². The molecular formula is C14H31N3. The molecule has 0 aromatic heterocycles. The molecule has 1 N–H and O–H groups in total. The van der Waals surface area contributed by atoms with E-state index in [-0.39, 0.29) is 0 Å². The van der Waals surface area contributed by atoms with Gasteiger partial charge in [-0.2, -0.15) is 0 Å². The zero-order valence-corrected chi connectivity index (χ0v) is 12.0. The summed E-state index contributed by atoms with van der Waals surface area (Å²) < 4.78 is 0. The van der Waals surface area contributed by atoms with Gasteiger partial charge >= 0.3 is 0 Å². The van der Waals surface area contributed by atoms with Crippen LogP contribution in [0.15, 0.2) is 0 Å². The van der Waals surface area contributed by atoms with E-state index < -0.39 is 0 Å². The van der Waals surface area contributed by atoms with Crippen molar-refractivity contribution in [2.75, 3.05) is 46.3 Å². The largest absolute Gasteiger partial charge is 0.314 e. The maximum absolute atomic E-state index is 3.64. The molecule has 0 bridgehead atoms. The minimum Gasteiger partial charge on any atom is -0.314 e. The Labute approximate surface area is 108 Å². The van der Waals surface area contributed by atoms with Crippen LogP contribution in [-0.4, -0.2) is 62.2 Å². The first-order valence-corrected chi connectivity index (χ1v) is 7.40. The fraction of sp³-hybridized carbons (Fsp3) is 1.00. The molecule has 3 nitrogen and oxygen atoms in total. The topological polar surface area (TPSA) is 18.5 Å². The molecule has 0 aromatic rings. The lowest BCUT2D eigenvalue weighted by Gasteiger charge is -2.32. The first kappa shape index (κ1) is 14.9. The predicted octanol–water partition coefficient (Wildman–Crippen LogP) is 1.79. The maximum Gasteiger partial charge on any atom is 0.0110 e. The zero-order valence-electron chi connectivity index (χ0n) is 12.0. The number of nitrogens with one attached hydrogen (secondary N) is 1. The van der Waals surface area contributed by atoms with E-state index in [9.17, 15) is 0 Å². The van der Waals surface area contributed by atoms with Crippen molar-refractivity contribution >= 4 is 0 Å². The summed E-state index contributed by atoms with van der Waals surface area (Å²) in [6.07, 6.45) is 5.19. The lowest BCUT2D eigenvalue weighted by atomic mass is 10.1. The van der Waals surface area contributed by atoms with Crippen LogP contribution in [0.5, 0.6) is 0 Å². The van der Waals surface area contributed by atoms with E-state index in [1.165, 1.54) is 65.0 Å². The fourth-order valence-electron chi connectivity index (χ4n) is 2.43. The summed E-state index contributed by atoms with van der Waals surface area (Å²) in [5.41, 5.74) is 0. The van der Waals surface area contributed by atoms with Gasteiger partial charge in [0, 0.05) is 32.2 Å². The molecule has 3 heteroatoms. The Kier molecular flexibility index (Phi) is 7.82. The Morgan fingerprint density at radius 2 is 1.82 bits per heavy atom. The summed E-state index contributed by atoms with van der Waals surface area (Å²) in [5.74, 6) is 0. The molecule has 0 saturated carbocycles. The van der Waals surface area contributed by atoms with Crippen molar-refractivity contribution in [3.63, 3.8) is 0 Å². The molecular weight excluding hydrogens is 210 g/mol. The highest BCUT2D eigenvalue weighted by Crippen LogP contribution is 2.05. The van der Waals surface area contributed by atoms with Crippen molar-refractivity contribution in [2.45, 2.75) is 45.6 Å². The first-order chi connectivity index (χ1) is 8.26. The molecule has 0 amide bonds. The van der Waals surface area contributed by atoms with Crippen LogP contribution >= 0.6 is 0 Å². The van der Waals surface area contributed by atoms with Gasteiger partial charge in [0.2, 0.25) is 0 Å².